The highest BCUT2D eigenvalue weighted by atomic mass is 32.2. The van der Waals surface area contributed by atoms with Crippen molar-refractivity contribution in [2.45, 2.75) is 76.8 Å². The molecule has 3 aromatic rings. The van der Waals surface area contributed by atoms with Crippen LogP contribution >= 0.6 is 11.8 Å². The molecule has 40 heavy (non-hydrogen) atoms. The van der Waals surface area contributed by atoms with Crippen LogP contribution in [0.25, 0.3) is 0 Å². The first-order chi connectivity index (χ1) is 19.3. The van der Waals surface area contributed by atoms with Gasteiger partial charge in [0.25, 0.3) is 0 Å². The van der Waals surface area contributed by atoms with Crippen LogP contribution < -0.4 is 0 Å². The molecular formula is C33H41NO5S. The Kier molecular flexibility index (Phi) is 11.1. The zero-order valence-corrected chi connectivity index (χ0v) is 24.7. The molecule has 7 heteroatoms. The van der Waals surface area contributed by atoms with Gasteiger partial charge in [-0.05, 0) is 43.2 Å². The monoisotopic (exact) mass is 563 g/mol. The number of thioether (sulfide) groups is 1. The summed E-state index contributed by atoms with van der Waals surface area (Å²) in [6.07, 6.45) is -1.65. The van der Waals surface area contributed by atoms with E-state index in [2.05, 4.69) is 6.92 Å². The van der Waals surface area contributed by atoms with Crippen molar-refractivity contribution < 1.29 is 23.7 Å². The van der Waals surface area contributed by atoms with Crippen LogP contribution in [0.4, 0.5) is 4.79 Å². The van der Waals surface area contributed by atoms with Gasteiger partial charge in [0.15, 0.2) is 0 Å². The van der Waals surface area contributed by atoms with E-state index in [9.17, 15) is 4.79 Å². The average molecular weight is 564 g/mol. The smallest absolute Gasteiger partial charge is 0.411 e. The fourth-order valence-electron chi connectivity index (χ4n) is 4.65. The van der Waals surface area contributed by atoms with Gasteiger partial charge >= 0.3 is 6.09 Å². The predicted octanol–water partition coefficient (Wildman–Crippen LogP) is 7.07. The van der Waals surface area contributed by atoms with Crippen LogP contribution in [0.3, 0.4) is 0 Å². The van der Waals surface area contributed by atoms with Gasteiger partial charge in [-0.3, -0.25) is 4.90 Å². The highest BCUT2D eigenvalue weighted by Gasteiger charge is 2.48. The molecule has 0 N–H and O–H groups in total. The molecule has 4 rings (SSSR count). The molecule has 1 fully saturated rings. The van der Waals surface area contributed by atoms with E-state index >= 15 is 0 Å². The summed E-state index contributed by atoms with van der Waals surface area (Å²) in [5.74, 6) is 0.802. The molecule has 3 aromatic carbocycles. The van der Waals surface area contributed by atoms with Crippen LogP contribution in [-0.2, 0) is 38.8 Å². The fraction of sp³-hybridized carbons (Fsp3) is 0.424. The van der Waals surface area contributed by atoms with Gasteiger partial charge in [-0.2, -0.15) is 0 Å². The third kappa shape index (κ3) is 8.83. The lowest BCUT2D eigenvalue weighted by atomic mass is 10.0. The molecule has 0 bridgehead atoms. The van der Waals surface area contributed by atoms with Crippen molar-refractivity contribution in [2.24, 2.45) is 0 Å². The Morgan fingerprint density at radius 1 is 0.750 bits per heavy atom. The molecule has 1 heterocycles. The molecule has 0 unspecified atom stereocenters. The number of benzene rings is 3. The van der Waals surface area contributed by atoms with Crippen molar-refractivity contribution >= 4 is 17.9 Å². The van der Waals surface area contributed by atoms with Gasteiger partial charge in [-0.1, -0.05) is 97.9 Å². The molecular weight excluding hydrogens is 522 g/mol. The summed E-state index contributed by atoms with van der Waals surface area (Å²) in [6.45, 7) is 9.28. The number of carbonyl (C=O) groups is 1. The first kappa shape index (κ1) is 30.1. The highest BCUT2D eigenvalue weighted by molar-refractivity contribution is 7.99. The maximum atomic E-state index is 13.6. The van der Waals surface area contributed by atoms with Crippen molar-refractivity contribution in [3.05, 3.63) is 108 Å². The molecule has 1 aliphatic rings. The molecule has 0 saturated carbocycles. The van der Waals surface area contributed by atoms with Crippen molar-refractivity contribution in [3.8, 4) is 0 Å². The van der Waals surface area contributed by atoms with E-state index in [0.717, 1.165) is 22.4 Å². The van der Waals surface area contributed by atoms with Crippen LogP contribution in [-0.4, -0.2) is 52.6 Å². The second-order valence-electron chi connectivity index (χ2n) is 10.8. The van der Waals surface area contributed by atoms with Gasteiger partial charge in [0.2, 0.25) is 0 Å². The summed E-state index contributed by atoms with van der Waals surface area (Å²) in [4.78, 5) is 15.3. The normalized spacial score (nSPS) is 21.2. The molecule has 6 nitrogen and oxygen atoms in total. The van der Waals surface area contributed by atoms with E-state index < -0.39 is 23.9 Å². The molecule has 0 aromatic heterocycles. The molecule has 0 spiro atoms. The topological polar surface area (TPSA) is 57.2 Å². The maximum Gasteiger partial charge on any atom is 0.411 e. The van der Waals surface area contributed by atoms with Crippen molar-refractivity contribution in [2.75, 3.05) is 12.3 Å². The van der Waals surface area contributed by atoms with Crippen LogP contribution in [0, 0.1) is 0 Å². The van der Waals surface area contributed by atoms with E-state index in [1.54, 1.807) is 16.7 Å². The Balaban J connectivity index is 1.66. The summed E-state index contributed by atoms with van der Waals surface area (Å²) in [6, 6.07) is 30.2. The van der Waals surface area contributed by atoms with Gasteiger partial charge < -0.3 is 18.9 Å². The van der Waals surface area contributed by atoms with Gasteiger partial charge in [-0.15, -0.1) is 11.8 Å². The second-order valence-corrected chi connectivity index (χ2v) is 12.2. The minimum Gasteiger partial charge on any atom is -0.444 e. The zero-order chi connectivity index (χ0) is 28.4. The maximum absolute atomic E-state index is 13.6. The van der Waals surface area contributed by atoms with Crippen LogP contribution in [0.2, 0.25) is 0 Å². The summed E-state index contributed by atoms with van der Waals surface area (Å²) in [7, 11) is 0. The number of likely N-dealkylation sites (tertiary alicyclic amines) is 1. The zero-order valence-electron chi connectivity index (χ0n) is 23.9. The largest absolute Gasteiger partial charge is 0.444 e. The van der Waals surface area contributed by atoms with E-state index in [-0.39, 0.29) is 11.5 Å². The first-order valence-electron chi connectivity index (χ1n) is 13.9. The SMILES string of the molecule is CCS[C@H]1[C@@H](OCc2ccccc2)[C@H](OCc2ccccc2)[C@H](OCc2ccccc2)CN1C(=O)OC(C)(C)C. The Labute approximate surface area is 243 Å². The molecule has 214 valence electrons. The molecule has 0 radical (unpaired) electrons. The van der Waals surface area contributed by atoms with Crippen molar-refractivity contribution in [1.82, 2.24) is 4.90 Å². The highest BCUT2D eigenvalue weighted by Crippen LogP contribution is 2.35. The number of carbonyl (C=O) groups excluding carboxylic acids is 1. The lowest BCUT2D eigenvalue weighted by molar-refractivity contribution is -0.187. The van der Waals surface area contributed by atoms with Gasteiger partial charge in [0.05, 0.1) is 26.4 Å². The number of rotatable bonds is 11. The Hall–Kier alpha value is -2.84. The number of amides is 1. The molecule has 1 saturated heterocycles. The Morgan fingerprint density at radius 2 is 1.20 bits per heavy atom. The minimum atomic E-state index is -0.625. The summed E-state index contributed by atoms with van der Waals surface area (Å²) < 4.78 is 25.7. The number of nitrogens with zero attached hydrogens (tertiary/aromatic N) is 1. The van der Waals surface area contributed by atoms with Crippen LogP contribution in [0.1, 0.15) is 44.4 Å². The number of piperidine rings is 1. The minimum absolute atomic E-state index is 0.305. The third-order valence-electron chi connectivity index (χ3n) is 6.50. The van der Waals surface area contributed by atoms with Gasteiger partial charge in [-0.25, -0.2) is 4.79 Å². The molecule has 4 atom stereocenters. The summed E-state index contributed by atoms with van der Waals surface area (Å²) >= 11 is 1.66. The van der Waals surface area contributed by atoms with Crippen LogP contribution in [0.15, 0.2) is 91.0 Å². The lowest BCUT2D eigenvalue weighted by Gasteiger charge is -2.48. The Morgan fingerprint density at radius 3 is 1.65 bits per heavy atom. The van der Waals surface area contributed by atoms with Gasteiger partial charge in [0.1, 0.15) is 29.3 Å². The third-order valence-corrected chi connectivity index (χ3v) is 7.70. The van der Waals surface area contributed by atoms with E-state index in [1.165, 1.54) is 0 Å². The number of hydrogen-bond acceptors (Lipinski definition) is 6. The van der Waals surface area contributed by atoms with E-state index in [0.29, 0.717) is 26.4 Å². The summed E-state index contributed by atoms with van der Waals surface area (Å²) in [5, 5.41) is -0.305. The molecule has 1 amide bonds. The van der Waals surface area contributed by atoms with E-state index in [1.807, 2.05) is 112 Å². The average Bonchev–Trinajstić information content (AvgIpc) is 2.95. The van der Waals surface area contributed by atoms with Crippen molar-refractivity contribution in [1.29, 1.82) is 0 Å². The van der Waals surface area contributed by atoms with E-state index in [4.69, 9.17) is 18.9 Å². The molecule has 0 aliphatic carbocycles. The summed E-state index contributed by atoms with van der Waals surface area (Å²) in [5.41, 5.74) is 2.56. The fourth-order valence-corrected chi connectivity index (χ4v) is 5.76. The van der Waals surface area contributed by atoms with Crippen LogP contribution in [0.5, 0.6) is 0 Å². The quantitative estimate of drug-likeness (QED) is 0.249. The standard InChI is InChI=1S/C33H41NO5S/c1-5-40-31-30(38-24-27-19-13-8-14-20-27)29(37-23-26-17-11-7-12-18-26)28(36-22-25-15-9-6-10-16-25)21-34(31)32(35)39-33(2,3)4/h6-20,28-31H,5,21-24H2,1-4H3/t28-,29-,30+,31+/m1/s1. The lowest BCUT2D eigenvalue weighted by Crippen LogP contribution is -2.64. The molecule has 1 aliphatic heterocycles. The predicted molar refractivity (Wildman–Crippen MR) is 160 cm³/mol. The second kappa shape index (κ2) is 14.7. The van der Waals surface area contributed by atoms with Gasteiger partial charge in [0, 0.05) is 0 Å². The number of ether oxygens (including phenoxy) is 4. The Bertz CT molecular complexity index is 1160. The van der Waals surface area contributed by atoms with Crippen molar-refractivity contribution in [3.63, 3.8) is 0 Å². The first-order valence-corrected chi connectivity index (χ1v) is 15.0. The number of hydrogen-bond donors (Lipinski definition) is 0.